The van der Waals surface area contributed by atoms with Crippen LogP contribution < -0.4 is 4.90 Å². The van der Waals surface area contributed by atoms with Gasteiger partial charge in [0.05, 0.1) is 0 Å². The molecule has 0 spiro atoms. The van der Waals surface area contributed by atoms with Gasteiger partial charge in [-0.05, 0) is 36.6 Å². The van der Waals surface area contributed by atoms with Gasteiger partial charge in [0, 0.05) is 56.5 Å². The number of hydrogen-bond acceptors (Lipinski definition) is 5. The van der Waals surface area contributed by atoms with Crippen LogP contribution in [-0.2, 0) is 6.54 Å². The Kier molecular flexibility index (Phi) is 3.27. The van der Waals surface area contributed by atoms with Crippen molar-refractivity contribution in [2.75, 3.05) is 18.0 Å². The smallest absolute Gasteiger partial charge is 0.225 e. The molecule has 0 N–H and O–H groups in total. The molecule has 2 saturated heterocycles. The zero-order chi connectivity index (χ0) is 14.1. The van der Waals surface area contributed by atoms with E-state index in [0.717, 1.165) is 25.6 Å². The van der Waals surface area contributed by atoms with Crippen LogP contribution in [0.25, 0.3) is 0 Å². The lowest BCUT2D eigenvalue weighted by molar-refractivity contribution is 0.246. The number of nitrogens with zero attached hydrogens (tertiary/aromatic N) is 5. The van der Waals surface area contributed by atoms with Crippen molar-refractivity contribution in [3.63, 3.8) is 0 Å². The summed E-state index contributed by atoms with van der Waals surface area (Å²) in [6, 6.07) is 7.29. The predicted molar refractivity (Wildman–Crippen MR) is 80.8 cm³/mol. The van der Waals surface area contributed by atoms with Crippen LogP contribution in [0.3, 0.4) is 0 Å². The van der Waals surface area contributed by atoms with Gasteiger partial charge in [-0.3, -0.25) is 9.88 Å². The van der Waals surface area contributed by atoms with Crippen molar-refractivity contribution in [1.82, 2.24) is 19.9 Å². The Bertz CT molecular complexity index is 588. The second-order valence-corrected chi connectivity index (χ2v) is 5.78. The number of hydrogen-bond donors (Lipinski definition) is 0. The van der Waals surface area contributed by atoms with Gasteiger partial charge >= 0.3 is 0 Å². The first-order chi connectivity index (χ1) is 10.4. The normalized spacial score (nSPS) is 25.2. The molecule has 5 nitrogen and oxygen atoms in total. The van der Waals surface area contributed by atoms with E-state index in [1.165, 1.54) is 18.4 Å². The molecule has 2 aliphatic heterocycles. The van der Waals surface area contributed by atoms with E-state index >= 15 is 0 Å². The molecule has 0 saturated carbocycles. The molecule has 0 unspecified atom stereocenters. The highest BCUT2D eigenvalue weighted by atomic mass is 15.4. The molecule has 108 valence electrons. The fourth-order valence-electron chi connectivity index (χ4n) is 3.68. The number of anilines is 1. The molecule has 2 fully saturated rings. The third-order valence-corrected chi connectivity index (χ3v) is 4.64. The molecule has 0 aliphatic carbocycles. The lowest BCUT2D eigenvalue weighted by atomic mass is 10.1. The van der Waals surface area contributed by atoms with Gasteiger partial charge in [0.2, 0.25) is 5.95 Å². The second kappa shape index (κ2) is 5.41. The topological polar surface area (TPSA) is 45.2 Å². The molecule has 5 heteroatoms. The number of fused-ring (bicyclic) bond motifs is 1. The quantitative estimate of drug-likeness (QED) is 0.857. The van der Waals surface area contributed by atoms with E-state index in [0.29, 0.717) is 12.1 Å². The summed E-state index contributed by atoms with van der Waals surface area (Å²) in [6.45, 7) is 3.24. The van der Waals surface area contributed by atoms with Crippen LogP contribution in [0.15, 0.2) is 43.0 Å². The minimum atomic E-state index is 0.564. The van der Waals surface area contributed by atoms with Crippen molar-refractivity contribution in [3.05, 3.63) is 48.5 Å². The van der Waals surface area contributed by atoms with E-state index in [1.54, 1.807) is 0 Å². The molecular formula is C16H19N5. The fourth-order valence-corrected chi connectivity index (χ4v) is 3.68. The fraction of sp³-hybridized carbons (Fsp3) is 0.438. The molecule has 0 bridgehead atoms. The Hall–Kier alpha value is -2.01. The van der Waals surface area contributed by atoms with E-state index in [2.05, 4.69) is 36.9 Å². The summed E-state index contributed by atoms with van der Waals surface area (Å²) < 4.78 is 0. The van der Waals surface area contributed by atoms with Crippen molar-refractivity contribution >= 4 is 5.95 Å². The zero-order valence-electron chi connectivity index (χ0n) is 12.0. The van der Waals surface area contributed by atoms with E-state index in [4.69, 9.17) is 0 Å². The third kappa shape index (κ3) is 2.38. The largest absolute Gasteiger partial charge is 0.336 e. The van der Waals surface area contributed by atoms with Crippen LogP contribution in [0.1, 0.15) is 18.4 Å². The lowest BCUT2D eigenvalue weighted by Gasteiger charge is -2.25. The van der Waals surface area contributed by atoms with Crippen LogP contribution in [0.4, 0.5) is 5.95 Å². The van der Waals surface area contributed by atoms with Gasteiger partial charge in [-0.25, -0.2) is 9.97 Å². The first-order valence-electron chi connectivity index (χ1n) is 7.58. The minimum absolute atomic E-state index is 0.564. The van der Waals surface area contributed by atoms with Crippen LogP contribution in [0, 0.1) is 0 Å². The van der Waals surface area contributed by atoms with Crippen molar-refractivity contribution < 1.29 is 0 Å². The average molecular weight is 281 g/mol. The third-order valence-electron chi connectivity index (χ3n) is 4.64. The standard InChI is InChI=1S/C16H19N5/c1-6-18-16(19-7-1)21-11-5-14-15(21)4-10-20(14)12-13-2-8-17-9-3-13/h1-3,6-9,14-15H,4-5,10-12H2/t14-,15+/m0/s1. The molecule has 2 aromatic heterocycles. The molecule has 0 radical (unpaired) electrons. The predicted octanol–water partition coefficient (Wildman–Crippen LogP) is 1.72. The molecule has 2 atom stereocenters. The van der Waals surface area contributed by atoms with Crippen molar-refractivity contribution in [1.29, 1.82) is 0 Å². The highest BCUT2D eigenvalue weighted by Gasteiger charge is 2.43. The van der Waals surface area contributed by atoms with Gasteiger partial charge in [0.15, 0.2) is 0 Å². The maximum Gasteiger partial charge on any atom is 0.225 e. The Balaban J connectivity index is 1.49. The molecule has 0 aromatic carbocycles. The van der Waals surface area contributed by atoms with Gasteiger partial charge < -0.3 is 4.90 Å². The summed E-state index contributed by atoms with van der Waals surface area (Å²) in [5.41, 5.74) is 1.35. The van der Waals surface area contributed by atoms with E-state index in [1.807, 2.05) is 30.9 Å². The number of rotatable bonds is 3. The van der Waals surface area contributed by atoms with Crippen LogP contribution >= 0.6 is 0 Å². The van der Waals surface area contributed by atoms with Gasteiger partial charge in [0.1, 0.15) is 0 Å². The Morgan fingerprint density at radius 3 is 2.52 bits per heavy atom. The highest BCUT2D eigenvalue weighted by molar-refractivity contribution is 5.35. The zero-order valence-corrected chi connectivity index (χ0v) is 12.0. The molecular weight excluding hydrogens is 262 g/mol. The molecule has 2 aromatic rings. The first-order valence-corrected chi connectivity index (χ1v) is 7.58. The SMILES string of the molecule is c1cnc(N2CC[C@H]3[C@H]2CCN3Cc2ccncc2)nc1. The Morgan fingerprint density at radius 1 is 0.952 bits per heavy atom. The summed E-state index contributed by atoms with van der Waals surface area (Å²) in [4.78, 5) is 17.9. The number of aromatic nitrogens is 3. The maximum absolute atomic E-state index is 4.42. The van der Waals surface area contributed by atoms with Crippen LogP contribution in [-0.4, -0.2) is 45.0 Å². The number of likely N-dealkylation sites (tertiary alicyclic amines) is 1. The average Bonchev–Trinajstić information content (AvgIpc) is 3.12. The maximum atomic E-state index is 4.42. The molecule has 4 heterocycles. The monoisotopic (exact) mass is 281 g/mol. The summed E-state index contributed by atoms with van der Waals surface area (Å²) in [7, 11) is 0. The van der Waals surface area contributed by atoms with E-state index < -0.39 is 0 Å². The second-order valence-electron chi connectivity index (χ2n) is 5.78. The minimum Gasteiger partial charge on any atom is -0.336 e. The summed E-state index contributed by atoms with van der Waals surface area (Å²) >= 11 is 0. The van der Waals surface area contributed by atoms with Gasteiger partial charge in [0.25, 0.3) is 0 Å². The van der Waals surface area contributed by atoms with Crippen LogP contribution in [0.5, 0.6) is 0 Å². The molecule has 4 rings (SSSR count). The number of pyridine rings is 1. The lowest BCUT2D eigenvalue weighted by Crippen LogP contribution is -2.37. The van der Waals surface area contributed by atoms with Gasteiger partial charge in [-0.1, -0.05) is 0 Å². The van der Waals surface area contributed by atoms with E-state index in [9.17, 15) is 0 Å². The molecule has 2 aliphatic rings. The van der Waals surface area contributed by atoms with Gasteiger partial charge in [-0.2, -0.15) is 0 Å². The summed E-state index contributed by atoms with van der Waals surface area (Å²) in [6.07, 6.45) is 9.82. The summed E-state index contributed by atoms with van der Waals surface area (Å²) in [5, 5.41) is 0. The van der Waals surface area contributed by atoms with Crippen LogP contribution in [0.2, 0.25) is 0 Å². The first kappa shape index (κ1) is 12.7. The van der Waals surface area contributed by atoms with E-state index in [-0.39, 0.29) is 0 Å². The Labute approximate surface area is 124 Å². The highest BCUT2D eigenvalue weighted by Crippen LogP contribution is 2.34. The van der Waals surface area contributed by atoms with Crippen molar-refractivity contribution in [2.45, 2.75) is 31.5 Å². The summed E-state index contributed by atoms with van der Waals surface area (Å²) in [5.74, 6) is 0.885. The Morgan fingerprint density at radius 2 is 1.71 bits per heavy atom. The molecule has 21 heavy (non-hydrogen) atoms. The van der Waals surface area contributed by atoms with Crippen molar-refractivity contribution in [3.8, 4) is 0 Å². The van der Waals surface area contributed by atoms with Crippen molar-refractivity contribution in [2.24, 2.45) is 0 Å². The van der Waals surface area contributed by atoms with Gasteiger partial charge in [-0.15, -0.1) is 0 Å². The molecule has 0 amide bonds.